The maximum absolute atomic E-state index is 12.8. The summed E-state index contributed by atoms with van der Waals surface area (Å²) in [5, 5.41) is 1.92. The first kappa shape index (κ1) is 15.4. The summed E-state index contributed by atoms with van der Waals surface area (Å²) < 4.78 is 5.32. The highest BCUT2D eigenvalue weighted by Crippen LogP contribution is 2.35. The van der Waals surface area contributed by atoms with E-state index in [2.05, 4.69) is 26.0 Å². The number of nitrogen functional groups attached to an aromatic ring is 1. The average molecular weight is 341 g/mol. The van der Waals surface area contributed by atoms with Crippen molar-refractivity contribution in [3.8, 4) is 0 Å². The lowest BCUT2D eigenvalue weighted by molar-refractivity contribution is 0.0307. The van der Waals surface area contributed by atoms with E-state index in [4.69, 9.17) is 15.5 Å². The van der Waals surface area contributed by atoms with E-state index in [1.165, 1.54) is 22.5 Å². The van der Waals surface area contributed by atoms with E-state index in [0.717, 1.165) is 21.1 Å². The SMILES string of the molecule is Cc1cc2cc3c(N)c(C(=O)N4CCOCC4)sc3nc2cc1C. The number of thiophene rings is 1. The van der Waals surface area contributed by atoms with Crippen LogP contribution < -0.4 is 5.73 Å². The molecular formula is C18H19N3O2S. The van der Waals surface area contributed by atoms with Crippen molar-refractivity contribution in [1.29, 1.82) is 0 Å². The second-order valence-corrected chi connectivity index (χ2v) is 7.22. The largest absolute Gasteiger partial charge is 0.397 e. The number of fused-ring (bicyclic) bond motifs is 2. The van der Waals surface area contributed by atoms with Crippen LogP contribution in [0.15, 0.2) is 18.2 Å². The molecule has 124 valence electrons. The number of pyridine rings is 1. The summed E-state index contributed by atoms with van der Waals surface area (Å²) in [6, 6.07) is 6.26. The van der Waals surface area contributed by atoms with Gasteiger partial charge in [0.25, 0.3) is 5.91 Å². The maximum Gasteiger partial charge on any atom is 0.266 e. The summed E-state index contributed by atoms with van der Waals surface area (Å²) in [7, 11) is 0. The van der Waals surface area contributed by atoms with Crippen LogP contribution in [0.4, 0.5) is 5.69 Å². The second kappa shape index (κ2) is 5.72. The molecule has 3 aromatic rings. The van der Waals surface area contributed by atoms with E-state index in [1.54, 1.807) is 4.90 Å². The van der Waals surface area contributed by atoms with Crippen LogP contribution in [0.25, 0.3) is 21.1 Å². The average Bonchev–Trinajstić information content (AvgIpc) is 2.90. The zero-order chi connectivity index (χ0) is 16.8. The van der Waals surface area contributed by atoms with Crippen LogP contribution in [0.2, 0.25) is 0 Å². The van der Waals surface area contributed by atoms with E-state index in [1.807, 2.05) is 6.07 Å². The molecule has 24 heavy (non-hydrogen) atoms. The standard InChI is InChI=1S/C18H19N3O2S/c1-10-7-12-9-13-15(19)16(18(22)21-3-5-23-6-4-21)24-17(13)20-14(12)8-11(10)2/h7-9H,3-6,19H2,1-2H3. The number of anilines is 1. The van der Waals surface area contributed by atoms with Gasteiger partial charge in [-0.1, -0.05) is 0 Å². The third-order valence-electron chi connectivity index (χ3n) is 4.62. The van der Waals surface area contributed by atoms with Gasteiger partial charge in [0.15, 0.2) is 0 Å². The Kier molecular flexibility index (Phi) is 3.66. The Balaban J connectivity index is 1.84. The fourth-order valence-electron chi connectivity index (χ4n) is 3.04. The lowest BCUT2D eigenvalue weighted by Crippen LogP contribution is -2.40. The van der Waals surface area contributed by atoms with Crippen LogP contribution in [0.3, 0.4) is 0 Å². The quantitative estimate of drug-likeness (QED) is 0.738. The highest BCUT2D eigenvalue weighted by molar-refractivity contribution is 7.21. The first-order valence-corrected chi connectivity index (χ1v) is 8.83. The number of nitrogens with zero attached hydrogens (tertiary/aromatic N) is 2. The Labute approximate surface area is 144 Å². The smallest absolute Gasteiger partial charge is 0.266 e. The number of aryl methyl sites for hydroxylation is 2. The van der Waals surface area contributed by atoms with Gasteiger partial charge < -0.3 is 15.4 Å². The fraction of sp³-hybridized carbons (Fsp3) is 0.333. The number of ether oxygens (including phenoxy) is 1. The highest BCUT2D eigenvalue weighted by atomic mass is 32.1. The highest BCUT2D eigenvalue weighted by Gasteiger charge is 2.24. The van der Waals surface area contributed by atoms with Crippen LogP contribution >= 0.6 is 11.3 Å². The summed E-state index contributed by atoms with van der Waals surface area (Å²) in [6.45, 7) is 6.55. The van der Waals surface area contributed by atoms with Crippen molar-refractivity contribution in [2.24, 2.45) is 0 Å². The monoisotopic (exact) mass is 341 g/mol. The summed E-state index contributed by atoms with van der Waals surface area (Å²) >= 11 is 1.38. The first-order chi connectivity index (χ1) is 11.5. The third kappa shape index (κ3) is 2.42. The van der Waals surface area contributed by atoms with Crippen LogP contribution in [-0.2, 0) is 4.74 Å². The number of hydrogen-bond donors (Lipinski definition) is 1. The van der Waals surface area contributed by atoms with Crippen LogP contribution in [-0.4, -0.2) is 42.1 Å². The van der Waals surface area contributed by atoms with Crippen molar-refractivity contribution >= 4 is 44.1 Å². The minimum atomic E-state index is -0.0183. The molecule has 1 aromatic carbocycles. The summed E-state index contributed by atoms with van der Waals surface area (Å²) in [6.07, 6.45) is 0. The molecule has 0 radical (unpaired) electrons. The Morgan fingerprint density at radius 2 is 1.92 bits per heavy atom. The molecule has 0 atom stereocenters. The molecule has 6 heteroatoms. The van der Waals surface area contributed by atoms with Gasteiger partial charge in [-0.15, -0.1) is 11.3 Å². The molecule has 0 saturated carbocycles. The first-order valence-electron chi connectivity index (χ1n) is 8.01. The second-order valence-electron chi connectivity index (χ2n) is 6.22. The number of aromatic nitrogens is 1. The van der Waals surface area contributed by atoms with Crippen molar-refractivity contribution in [2.45, 2.75) is 13.8 Å². The van der Waals surface area contributed by atoms with Gasteiger partial charge in [0.05, 0.1) is 24.4 Å². The number of benzene rings is 1. The van der Waals surface area contributed by atoms with E-state index in [9.17, 15) is 4.79 Å². The molecule has 5 nitrogen and oxygen atoms in total. The molecular weight excluding hydrogens is 322 g/mol. The van der Waals surface area contributed by atoms with Crippen molar-refractivity contribution in [1.82, 2.24) is 9.88 Å². The zero-order valence-corrected chi connectivity index (χ0v) is 14.6. The summed E-state index contributed by atoms with van der Waals surface area (Å²) in [5.74, 6) is -0.0183. The molecule has 2 N–H and O–H groups in total. The minimum Gasteiger partial charge on any atom is -0.397 e. The molecule has 0 unspecified atom stereocenters. The molecule has 1 saturated heterocycles. The Hall–Kier alpha value is -2.18. The molecule has 2 aromatic heterocycles. The molecule has 1 fully saturated rings. The lowest BCUT2D eigenvalue weighted by atomic mass is 10.1. The normalized spacial score (nSPS) is 15.3. The van der Waals surface area contributed by atoms with E-state index < -0.39 is 0 Å². The summed E-state index contributed by atoms with van der Waals surface area (Å²) in [4.78, 5) is 20.7. The van der Waals surface area contributed by atoms with Gasteiger partial charge in [-0.3, -0.25) is 4.79 Å². The number of amides is 1. The number of hydrogen-bond acceptors (Lipinski definition) is 5. The van der Waals surface area contributed by atoms with Gasteiger partial charge in [-0.2, -0.15) is 0 Å². The molecule has 0 spiro atoms. The number of carbonyl (C=O) groups is 1. The van der Waals surface area contributed by atoms with Gasteiger partial charge in [0.2, 0.25) is 0 Å². The van der Waals surface area contributed by atoms with Gasteiger partial charge in [0, 0.05) is 23.9 Å². The van der Waals surface area contributed by atoms with Crippen molar-refractivity contribution < 1.29 is 9.53 Å². The molecule has 3 heterocycles. The minimum absolute atomic E-state index is 0.0183. The topological polar surface area (TPSA) is 68.5 Å². The number of nitrogens with two attached hydrogens (primary N) is 1. The maximum atomic E-state index is 12.8. The number of morpholine rings is 1. The van der Waals surface area contributed by atoms with Gasteiger partial charge in [-0.25, -0.2) is 4.98 Å². The van der Waals surface area contributed by atoms with Crippen molar-refractivity contribution in [3.05, 3.63) is 34.2 Å². The molecule has 4 rings (SSSR count). The summed E-state index contributed by atoms with van der Waals surface area (Å²) in [5.41, 5.74) is 10.2. The molecule has 0 aliphatic carbocycles. The van der Waals surface area contributed by atoms with Gasteiger partial charge in [-0.05, 0) is 43.2 Å². The van der Waals surface area contributed by atoms with Crippen LogP contribution in [0.1, 0.15) is 20.8 Å². The molecule has 1 aliphatic rings. The van der Waals surface area contributed by atoms with E-state index in [0.29, 0.717) is 36.9 Å². The number of carbonyl (C=O) groups excluding carboxylic acids is 1. The predicted molar refractivity (Wildman–Crippen MR) is 97.7 cm³/mol. The Bertz CT molecular complexity index is 958. The lowest BCUT2D eigenvalue weighted by Gasteiger charge is -2.26. The third-order valence-corrected chi connectivity index (χ3v) is 5.72. The fourth-order valence-corrected chi connectivity index (χ4v) is 4.09. The Morgan fingerprint density at radius 3 is 2.67 bits per heavy atom. The zero-order valence-electron chi connectivity index (χ0n) is 13.8. The van der Waals surface area contributed by atoms with E-state index >= 15 is 0 Å². The predicted octanol–water partition coefficient (Wildman–Crippen LogP) is 3.12. The van der Waals surface area contributed by atoms with Crippen LogP contribution in [0, 0.1) is 13.8 Å². The van der Waals surface area contributed by atoms with Gasteiger partial charge >= 0.3 is 0 Å². The van der Waals surface area contributed by atoms with Gasteiger partial charge in [0.1, 0.15) is 9.71 Å². The molecule has 1 aliphatic heterocycles. The van der Waals surface area contributed by atoms with Crippen molar-refractivity contribution in [3.63, 3.8) is 0 Å². The van der Waals surface area contributed by atoms with Crippen molar-refractivity contribution in [2.75, 3.05) is 32.0 Å². The number of rotatable bonds is 1. The molecule has 0 bridgehead atoms. The Morgan fingerprint density at radius 1 is 1.21 bits per heavy atom. The van der Waals surface area contributed by atoms with E-state index in [-0.39, 0.29) is 5.91 Å². The molecule has 1 amide bonds. The van der Waals surface area contributed by atoms with Crippen LogP contribution in [0.5, 0.6) is 0 Å².